The highest BCUT2D eigenvalue weighted by molar-refractivity contribution is 5.54. The van der Waals surface area contributed by atoms with Crippen molar-refractivity contribution in [1.82, 2.24) is 0 Å². The summed E-state index contributed by atoms with van der Waals surface area (Å²) in [5, 5.41) is 0. The van der Waals surface area contributed by atoms with Gasteiger partial charge in [-0.1, -0.05) is 0 Å². The molecule has 1 rings (SSSR count). The zero-order valence-electron chi connectivity index (χ0n) is 11.2. The van der Waals surface area contributed by atoms with Crippen LogP contribution in [0.25, 0.3) is 0 Å². The molecule has 0 bridgehead atoms. The van der Waals surface area contributed by atoms with Crippen LogP contribution in [-0.4, -0.2) is 33.5 Å². The number of rotatable bonds is 8. The number of benzene rings is 1. The van der Waals surface area contributed by atoms with Crippen LogP contribution in [0, 0.1) is 0 Å². The zero-order chi connectivity index (χ0) is 15.0. The highest BCUT2D eigenvalue weighted by Gasteiger charge is 2.30. The molecule has 0 saturated heterocycles. The topological polar surface area (TPSA) is 53.7 Å². The molecule has 0 amide bonds. The zero-order valence-corrected chi connectivity index (χ0v) is 11.2. The first kappa shape index (κ1) is 16.6. The lowest BCUT2D eigenvalue weighted by Gasteiger charge is -2.12. The van der Waals surface area contributed by atoms with E-state index in [9.17, 15) is 13.2 Å². The minimum absolute atomic E-state index is 0.0277. The SMILES string of the molecule is COCCOCCCOc1ccc(C(F)(F)F)cc1N. The molecule has 0 spiro atoms. The number of hydrogen-bond acceptors (Lipinski definition) is 4. The van der Waals surface area contributed by atoms with E-state index < -0.39 is 11.7 Å². The maximum absolute atomic E-state index is 12.4. The van der Waals surface area contributed by atoms with Crippen LogP contribution in [0.2, 0.25) is 0 Å². The first-order chi connectivity index (χ1) is 9.45. The number of methoxy groups -OCH3 is 1. The van der Waals surface area contributed by atoms with Crippen molar-refractivity contribution < 1.29 is 27.4 Å². The van der Waals surface area contributed by atoms with E-state index in [0.29, 0.717) is 32.8 Å². The molecule has 4 nitrogen and oxygen atoms in total. The van der Waals surface area contributed by atoms with Gasteiger partial charge in [0.2, 0.25) is 0 Å². The molecular weight excluding hydrogens is 275 g/mol. The summed E-state index contributed by atoms with van der Waals surface area (Å²) in [7, 11) is 1.58. The molecule has 0 fully saturated rings. The summed E-state index contributed by atoms with van der Waals surface area (Å²) in [6, 6.07) is 3.04. The van der Waals surface area contributed by atoms with Gasteiger partial charge >= 0.3 is 6.18 Å². The van der Waals surface area contributed by atoms with Gasteiger partial charge in [-0.15, -0.1) is 0 Å². The van der Waals surface area contributed by atoms with E-state index in [1.807, 2.05) is 0 Å². The van der Waals surface area contributed by atoms with Crippen molar-refractivity contribution in [2.45, 2.75) is 12.6 Å². The molecule has 0 aromatic heterocycles. The lowest BCUT2D eigenvalue weighted by Crippen LogP contribution is -2.09. The van der Waals surface area contributed by atoms with Crippen LogP contribution in [-0.2, 0) is 15.7 Å². The van der Waals surface area contributed by atoms with E-state index >= 15 is 0 Å². The molecule has 0 aliphatic rings. The van der Waals surface area contributed by atoms with Gasteiger partial charge in [0.05, 0.1) is 31.1 Å². The van der Waals surface area contributed by atoms with Crippen molar-refractivity contribution in [2.75, 3.05) is 39.3 Å². The van der Waals surface area contributed by atoms with E-state index in [1.165, 1.54) is 6.07 Å². The van der Waals surface area contributed by atoms with Gasteiger partial charge in [-0.05, 0) is 18.2 Å². The number of hydrogen-bond donors (Lipinski definition) is 1. The van der Waals surface area contributed by atoms with E-state index in [2.05, 4.69) is 0 Å². The predicted octanol–water partition coefficient (Wildman–Crippen LogP) is 2.72. The molecular formula is C13H18F3NO3. The third-order valence-electron chi connectivity index (χ3n) is 2.46. The molecule has 114 valence electrons. The fourth-order valence-corrected chi connectivity index (χ4v) is 1.44. The third-order valence-corrected chi connectivity index (χ3v) is 2.46. The van der Waals surface area contributed by atoms with Gasteiger partial charge < -0.3 is 19.9 Å². The smallest absolute Gasteiger partial charge is 0.416 e. The standard InChI is InChI=1S/C13H18F3NO3/c1-18-7-8-19-5-2-6-20-12-4-3-10(9-11(12)17)13(14,15)16/h3-4,9H,2,5-8,17H2,1H3. The molecule has 0 aliphatic heterocycles. The number of nitrogens with two attached hydrogens (primary N) is 1. The quantitative estimate of drug-likeness (QED) is 0.591. The van der Waals surface area contributed by atoms with Gasteiger partial charge in [0.1, 0.15) is 5.75 Å². The Morgan fingerprint density at radius 2 is 1.85 bits per heavy atom. The Balaban J connectivity index is 2.34. The minimum atomic E-state index is -4.40. The average molecular weight is 293 g/mol. The number of ether oxygens (including phenoxy) is 3. The summed E-state index contributed by atoms with van der Waals surface area (Å²) in [5.74, 6) is 0.245. The van der Waals surface area contributed by atoms with Gasteiger partial charge in [0, 0.05) is 20.1 Å². The van der Waals surface area contributed by atoms with Gasteiger partial charge in [0.25, 0.3) is 0 Å². The Labute approximate surface area is 115 Å². The van der Waals surface area contributed by atoms with Crippen LogP contribution in [0.15, 0.2) is 18.2 Å². The highest BCUT2D eigenvalue weighted by Crippen LogP contribution is 2.33. The van der Waals surface area contributed by atoms with Crippen molar-refractivity contribution >= 4 is 5.69 Å². The average Bonchev–Trinajstić information content (AvgIpc) is 2.38. The van der Waals surface area contributed by atoms with Gasteiger partial charge in [-0.25, -0.2) is 0 Å². The van der Waals surface area contributed by atoms with E-state index in [1.54, 1.807) is 7.11 Å². The Hall–Kier alpha value is -1.47. The van der Waals surface area contributed by atoms with Crippen LogP contribution < -0.4 is 10.5 Å². The van der Waals surface area contributed by atoms with Crippen LogP contribution in [0.1, 0.15) is 12.0 Å². The largest absolute Gasteiger partial charge is 0.491 e. The first-order valence-electron chi connectivity index (χ1n) is 6.11. The molecule has 7 heteroatoms. The third kappa shape index (κ3) is 5.66. The fourth-order valence-electron chi connectivity index (χ4n) is 1.44. The lowest BCUT2D eigenvalue weighted by molar-refractivity contribution is -0.137. The van der Waals surface area contributed by atoms with E-state index in [4.69, 9.17) is 19.9 Å². The number of nitrogen functional groups attached to an aromatic ring is 1. The van der Waals surface area contributed by atoms with Crippen molar-refractivity contribution in [3.05, 3.63) is 23.8 Å². The predicted molar refractivity (Wildman–Crippen MR) is 68.7 cm³/mol. The van der Waals surface area contributed by atoms with Crippen LogP contribution >= 0.6 is 0 Å². The first-order valence-corrected chi connectivity index (χ1v) is 6.11. The lowest BCUT2D eigenvalue weighted by atomic mass is 10.2. The van der Waals surface area contributed by atoms with Crippen molar-refractivity contribution in [1.29, 1.82) is 0 Å². The maximum atomic E-state index is 12.4. The number of alkyl halides is 3. The second-order valence-corrected chi connectivity index (χ2v) is 4.06. The van der Waals surface area contributed by atoms with E-state index in [0.717, 1.165) is 12.1 Å². The summed E-state index contributed by atoms with van der Waals surface area (Å²) in [6.45, 7) is 1.83. The Kier molecular flexibility index (Phi) is 6.60. The van der Waals surface area contributed by atoms with Crippen molar-refractivity contribution in [2.24, 2.45) is 0 Å². The Morgan fingerprint density at radius 1 is 1.10 bits per heavy atom. The van der Waals surface area contributed by atoms with Crippen LogP contribution in [0.5, 0.6) is 5.75 Å². The normalized spacial score (nSPS) is 11.6. The molecule has 0 aliphatic carbocycles. The van der Waals surface area contributed by atoms with Gasteiger partial charge in [-0.3, -0.25) is 0 Å². The number of anilines is 1. The molecule has 0 saturated carbocycles. The maximum Gasteiger partial charge on any atom is 0.416 e. The van der Waals surface area contributed by atoms with Gasteiger partial charge in [0.15, 0.2) is 0 Å². The van der Waals surface area contributed by atoms with Crippen LogP contribution in [0.3, 0.4) is 0 Å². The van der Waals surface area contributed by atoms with Gasteiger partial charge in [-0.2, -0.15) is 13.2 Å². The molecule has 1 aromatic rings. The second-order valence-electron chi connectivity index (χ2n) is 4.06. The molecule has 0 atom stereocenters. The summed E-state index contributed by atoms with van der Waals surface area (Å²) < 4.78 is 52.6. The second kappa shape index (κ2) is 7.96. The molecule has 0 heterocycles. The summed E-state index contributed by atoms with van der Waals surface area (Å²) >= 11 is 0. The summed E-state index contributed by atoms with van der Waals surface area (Å²) in [6.07, 6.45) is -3.79. The Bertz CT molecular complexity index is 410. The fraction of sp³-hybridized carbons (Fsp3) is 0.538. The summed E-state index contributed by atoms with van der Waals surface area (Å²) in [4.78, 5) is 0. The minimum Gasteiger partial charge on any atom is -0.491 e. The van der Waals surface area contributed by atoms with Crippen LogP contribution in [0.4, 0.5) is 18.9 Å². The molecule has 0 radical (unpaired) electrons. The monoisotopic (exact) mass is 293 g/mol. The summed E-state index contributed by atoms with van der Waals surface area (Å²) in [5.41, 5.74) is 4.71. The molecule has 2 N–H and O–H groups in total. The number of halogens is 3. The molecule has 0 unspecified atom stereocenters. The molecule has 1 aromatic carbocycles. The Morgan fingerprint density at radius 3 is 2.45 bits per heavy atom. The van der Waals surface area contributed by atoms with Crippen molar-refractivity contribution in [3.8, 4) is 5.75 Å². The van der Waals surface area contributed by atoms with Crippen molar-refractivity contribution in [3.63, 3.8) is 0 Å². The molecule has 20 heavy (non-hydrogen) atoms. The highest BCUT2D eigenvalue weighted by atomic mass is 19.4. The van der Waals surface area contributed by atoms with E-state index in [-0.39, 0.29) is 11.4 Å².